The third kappa shape index (κ3) is 5.29. The molecule has 4 rings (SSSR count). The minimum atomic E-state index is -0.326. The Morgan fingerprint density at radius 1 is 0.853 bits per heavy atom. The van der Waals surface area contributed by atoms with Crippen molar-refractivity contribution in [1.82, 2.24) is 20.3 Å². The standard InChI is InChI=1S/C26H26N6O2/c1-17-8-7-11-23(16-17)32-19(3)24(30-31-32)25(33)27-18(2)20-12-14-22(15-13-20)29-26(34)28-21-9-5-4-6-10-21/h4-16,18H,1-3H3,(H,27,33)(H2,28,29,34). The minimum absolute atomic E-state index is 0.261. The van der Waals surface area contributed by atoms with Gasteiger partial charge < -0.3 is 16.0 Å². The molecule has 0 aliphatic carbocycles. The second-order valence-electron chi connectivity index (χ2n) is 8.04. The molecule has 34 heavy (non-hydrogen) atoms. The van der Waals surface area contributed by atoms with Crippen LogP contribution in [0.4, 0.5) is 16.2 Å². The highest BCUT2D eigenvalue weighted by atomic mass is 16.2. The van der Waals surface area contributed by atoms with Gasteiger partial charge in [-0.05, 0) is 68.3 Å². The Kier molecular flexibility index (Phi) is 6.68. The number of para-hydroxylation sites is 1. The molecule has 0 aliphatic rings. The Morgan fingerprint density at radius 3 is 2.21 bits per heavy atom. The zero-order valence-corrected chi connectivity index (χ0v) is 19.2. The first-order valence-corrected chi connectivity index (χ1v) is 10.9. The molecule has 0 saturated carbocycles. The van der Waals surface area contributed by atoms with Crippen molar-refractivity contribution in [2.75, 3.05) is 10.6 Å². The van der Waals surface area contributed by atoms with Crippen LogP contribution in [0.15, 0.2) is 78.9 Å². The number of aromatic nitrogens is 3. The van der Waals surface area contributed by atoms with Crippen LogP contribution in [0, 0.1) is 13.8 Å². The molecule has 3 amide bonds. The van der Waals surface area contributed by atoms with Crippen molar-refractivity contribution < 1.29 is 9.59 Å². The summed E-state index contributed by atoms with van der Waals surface area (Å²) < 4.78 is 1.66. The fraction of sp³-hybridized carbons (Fsp3) is 0.154. The van der Waals surface area contributed by atoms with E-state index in [1.807, 2.05) is 87.5 Å². The van der Waals surface area contributed by atoms with Gasteiger partial charge in [-0.25, -0.2) is 9.48 Å². The lowest BCUT2D eigenvalue weighted by atomic mass is 10.1. The number of amides is 3. The molecule has 1 heterocycles. The number of rotatable bonds is 6. The van der Waals surface area contributed by atoms with Crippen LogP contribution in [0.1, 0.15) is 40.3 Å². The van der Waals surface area contributed by atoms with E-state index in [0.717, 1.165) is 16.8 Å². The Labute approximate surface area is 198 Å². The summed E-state index contributed by atoms with van der Waals surface area (Å²) in [7, 11) is 0. The Bertz CT molecular complexity index is 1300. The first-order chi connectivity index (χ1) is 16.4. The number of benzene rings is 3. The van der Waals surface area contributed by atoms with Gasteiger partial charge in [0.2, 0.25) is 0 Å². The monoisotopic (exact) mass is 454 g/mol. The largest absolute Gasteiger partial charge is 0.344 e. The van der Waals surface area contributed by atoms with Crippen molar-refractivity contribution in [2.45, 2.75) is 26.8 Å². The van der Waals surface area contributed by atoms with Gasteiger partial charge in [-0.3, -0.25) is 4.79 Å². The maximum absolute atomic E-state index is 12.9. The number of aryl methyl sites for hydroxylation is 1. The molecule has 172 valence electrons. The number of nitrogens with one attached hydrogen (secondary N) is 3. The molecule has 1 unspecified atom stereocenters. The lowest BCUT2D eigenvalue weighted by Gasteiger charge is -2.15. The summed E-state index contributed by atoms with van der Waals surface area (Å²) >= 11 is 0. The molecule has 0 aliphatic heterocycles. The quantitative estimate of drug-likeness (QED) is 0.381. The lowest BCUT2D eigenvalue weighted by Crippen LogP contribution is -2.27. The van der Waals surface area contributed by atoms with E-state index < -0.39 is 0 Å². The van der Waals surface area contributed by atoms with Gasteiger partial charge >= 0.3 is 6.03 Å². The van der Waals surface area contributed by atoms with Gasteiger partial charge in [0.1, 0.15) is 0 Å². The highest BCUT2D eigenvalue weighted by Crippen LogP contribution is 2.18. The van der Waals surface area contributed by atoms with Crippen molar-refractivity contribution in [3.63, 3.8) is 0 Å². The highest BCUT2D eigenvalue weighted by Gasteiger charge is 2.19. The molecular weight excluding hydrogens is 428 g/mol. The summed E-state index contributed by atoms with van der Waals surface area (Å²) in [5.41, 5.74) is 5.16. The van der Waals surface area contributed by atoms with Gasteiger partial charge in [0.05, 0.1) is 17.4 Å². The van der Waals surface area contributed by atoms with Crippen molar-refractivity contribution in [3.8, 4) is 5.69 Å². The van der Waals surface area contributed by atoms with Gasteiger partial charge in [-0.15, -0.1) is 5.10 Å². The number of urea groups is 1. The number of hydrogen-bond acceptors (Lipinski definition) is 4. The summed E-state index contributed by atoms with van der Waals surface area (Å²) in [6.07, 6.45) is 0. The third-order valence-corrected chi connectivity index (χ3v) is 5.40. The predicted molar refractivity (Wildman–Crippen MR) is 132 cm³/mol. The van der Waals surface area contributed by atoms with E-state index in [1.54, 1.807) is 16.8 Å². The number of nitrogens with zero attached hydrogens (tertiary/aromatic N) is 3. The SMILES string of the molecule is Cc1cccc(-n2nnc(C(=O)NC(C)c3ccc(NC(=O)Nc4ccccc4)cc3)c2C)c1. The van der Waals surface area contributed by atoms with Crippen LogP contribution in [-0.2, 0) is 0 Å². The summed E-state index contributed by atoms with van der Waals surface area (Å²) in [5.74, 6) is -0.298. The Balaban J connectivity index is 1.38. The molecule has 0 saturated heterocycles. The van der Waals surface area contributed by atoms with Gasteiger partial charge in [0.25, 0.3) is 5.91 Å². The van der Waals surface area contributed by atoms with Gasteiger partial charge in [0, 0.05) is 11.4 Å². The maximum Gasteiger partial charge on any atom is 0.323 e. The molecule has 1 atom stereocenters. The molecule has 0 fully saturated rings. The average Bonchev–Trinajstić information content (AvgIpc) is 3.21. The van der Waals surface area contributed by atoms with Crippen LogP contribution in [0.3, 0.4) is 0 Å². The number of carbonyl (C=O) groups is 2. The second kappa shape index (κ2) is 9.99. The zero-order chi connectivity index (χ0) is 24.1. The van der Waals surface area contributed by atoms with Crippen molar-refractivity contribution >= 4 is 23.3 Å². The summed E-state index contributed by atoms with van der Waals surface area (Å²) in [4.78, 5) is 25.0. The van der Waals surface area contributed by atoms with E-state index in [4.69, 9.17) is 0 Å². The van der Waals surface area contributed by atoms with E-state index in [0.29, 0.717) is 17.1 Å². The molecule has 1 aromatic heterocycles. The lowest BCUT2D eigenvalue weighted by molar-refractivity contribution is 0.0934. The number of carbonyl (C=O) groups excluding carboxylic acids is 2. The fourth-order valence-electron chi connectivity index (χ4n) is 3.56. The smallest absolute Gasteiger partial charge is 0.323 e. The van der Waals surface area contributed by atoms with E-state index in [2.05, 4.69) is 26.3 Å². The van der Waals surface area contributed by atoms with Crippen molar-refractivity contribution in [1.29, 1.82) is 0 Å². The molecule has 4 aromatic rings. The molecular formula is C26H26N6O2. The van der Waals surface area contributed by atoms with Crippen LogP contribution in [-0.4, -0.2) is 26.9 Å². The first kappa shape index (κ1) is 22.7. The van der Waals surface area contributed by atoms with Gasteiger partial charge in [-0.2, -0.15) is 0 Å². The van der Waals surface area contributed by atoms with Crippen LogP contribution < -0.4 is 16.0 Å². The topological polar surface area (TPSA) is 101 Å². The second-order valence-corrected chi connectivity index (χ2v) is 8.04. The molecule has 3 N–H and O–H groups in total. The van der Waals surface area contributed by atoms with Crippen molar-refractivity contribution in [3.05, 3.63) is 101 Å². The van der Waals surface area contributed by atoms with Crippen LogP contribution in [0.2, 0.25) is 0 Å². The van der Waals surface area contributed by atoms with E-state index in [-0.39, 0.29) is 23.7 Å². The first-order valence-electron chi connectivity index (χ1n) is 10.9. The summed E-state index contributed by atoms with van der Waals surface area (Å²) in [6.45, 7) is 5.72. The van der Waals surface area contributed by atoms with Crippen LogP contribution >= 0.6 is 0 Å². The maximum atomic E-state index is 12.9. The highest BCUT2D eigenvalue weighted by molar-refractivity contribution is 5.99. The third-order valence-electron chi connectivity index (χ3n) is 5.40. The zero-order valence-electron chi connectivity index (χ0n) is 19.2. The van der Waals surface area contributed by atoms with E-state index in [1.165, 1.54) is 0 Å². The fourth-order valence-corrected chi connectivity index (χ4v) is 3.56. The predicted octanol–water partition coefficient (Wildman–Crippen LogP) is 5.02. The van der Waals surface area contributed by atoms with Crippen LogP contribution in [0.5, 0.6) is 0 Å². The van der Waals surface area contributed by atoms with Crippen molar-refractivity contribution in [2.24, 2.45) is 0 Å². The Morgan fingerprint density at radius 2 is 1.53 bits per heavy atom. The van der Waals surface area contributed by atoms with Gasteiger partial charge in [-0.1, -0.05) is 47.7 Å². The molecule has 8 heteroatoms. The van der Waals surface area contributed by atoms with Crippen LogP contribution in [0.25, 0.3) is 5.69 Å². The minimum Gasteiger partial charge on any atom is -0.344 e. The normalized spacial score (nSPS) is 11.5. The average molecular weight is 455 g/mol. The molecule has 8 nitrogen and oxygen atoms in total. The Hall–Kier alpha value is -4.46. The van der Waals surface area contributed by atoms with E-state index >= 15 is 0 Å². The molecule has 0 spiro atoms. The van der Waals surface area contributed by atoms with Gasteiger partial charge in [0.15, 0.2) is 5.69 Å². The summed E-state index contributed by atoms with van der Waals surface area (Å²) in [6, 6.07) is 23.8. The number of hydrogen-bond donors (Lipinski definition) is 3. The van der Waals surface area contributed by atoms with E-state index in [9.17, 15) is 9.59 Å². The summed E-state index contributed by atoms with van der Waals surface area (Å²) in [5, 5.41) is 16.8. The number of anilines is 2. The molecule has 3 aromatic carbocycles. The molecule has 0 bridgehead atoms. The molecule has 0 radical (unpaired) electrons.